The van der Waals surface area contributed by atoms with E-state index in [0.717, 1.165) is 24.2 Å². The number of aryl methyl sites for hydroxylation is 1. The number of nitrogens with zero attached hydrogens (tertiary/aromatic N) is 5. The Bertz CT molecular complexity index is 1000. The first-order chi connectivity index (χ1) is 15.7. The van der Waals surface area contributed by atoms with E-state index in [2.05, 4.69) is 9.97 Å². The molecule has 33 heavy (non-hydrogen) atoms. The molecule has 1 atom stereocenters. The van der Waals surface area contributed by atoms with Gasteiger partial charge in [0.15, 0.2) is 0 Å². The Labute approximate surface area is 190 Å². The van der Waals surface area contributed by atoms with E-state index in [4.69, 9.17) is 0 Å². The van der Waals surface area contributed by atoms with Crippen molar-refractivity contribution >= 4 is 17.5 Å². The number of aromatic nitrogens is 2. The van der Waals surface area contributed by atoms with E-state index in [-0.39, 0.29) is 23.4 Å². The third-order valence-corrected chi connectivity index (χ3v) is 6.19. The van der Waals surface area contributed by atoms with Crippen LogP contribution in [0.15, 0.2) is 36.7 Å². The van der Waals surface area contributed by atoms with E-state index in [9.17, 15) is 22.8 Å². The highest BCUT2D eigenvalue weighted by molar-refractivity contribution is 5.92. The molecule has 1 unspecified atom stereocenters. The first-order valence-electron chi connectivity index (χ1n) is 11.0. The average molecular weight is 461 g/mol. The number of hydrogen-bond donors (Lipinski definition) is 0. The number of hydrogen-bond acceptors (Lipinski definition) is 5. The van der Waals surface area contributed by atoms with Gasteiger partial charge in [-0.15, -0.1) is 0 Å². The number of piperidine rings is 1. The maximum atomic E-state index is 13.1. The Morgan fingerprint density at radius 3 is 2.42 bits per heavy atom. The zero-order valence-electron chi connectivity index (χ0n) is 18.4. The van der Waals surface area contributed by atoms with Gasteiger partial charge in [0.2, 0.25) is 5.91 Å². The van der Waals surface area contributed by atoms with Crippen LogP contribution in [0.4, 0.5) is 18.9 Å². The van der Waals surface area contributed by atoms with Crippen molar-refractivity contribution in [2.24, 2.45) is 5.92 Å². The zero-order chi connectivity index (χ0) is 23.6. The smallest absolute Gasteiger partial charge is 0.368 e. The van der Waals surface area contributed by atoms with Crippen LogP contribution >= 0.6 is 0 Å². The lowest BCUT2D eigenvalue weighted by atomic mass is 9.96. The van der Waals surface area contributed by atoms with E-state index in [1.807, 2.05) is 4.90 Å². The number of halogens is 3. The lowest BCUT2D eigenvalue weighted by molar-refractivity contribution is -0.138. The topological polar surface area (TPSA) is 69.6 Å². The third-order valence-electron chi connectivity index (χ3n) is 6.19. The summed E-state index contributed by atoms with van der Waals surface area (Å²) < 4.78 is 39.0. The highest BCUT2D eigenvalue weighted by atomic mass is 19.4. The molecule has 0 spiro atoms. The van der Waals surface area contributed by atoms with Gasteiger partial charge in [0.25, 0.3) is 5.91 Å². The SMILES string of the molecule is Cc1cnc(C(=O)N2CCCC(C(=O)N3CCN(c4cccc(C(F)(F)F)c4)CC3)C2)cn1. The molecule has 10 heteroatoms. The average Bonchev–Trinajstić information content (AvgIpc) is 2.83. The molecule has 2 aliphatic heterocycles. The molecule has 2 aromatic rings. The summed E-state index contributed by atoms with van der Waals surface area (Å²) in [5, 5.41) is 0. The van der Waals surface area contributed by atoms with Crippen LogP contribution in [0.3, 0.4) is 0 Å². The molecule has 7 nitrogen and oxygen atoms in total. The maximum absolute atomic E-state index is 13.1. The van der Waals surface area contributed by atoms with Crippen LogP contribution in [0, 0.1) is 12.8 Å². The normalized spacial score (nSPS) is 19.5. The number of likely N-dealkylation sites (tertiary alicyclic amines) is 1. The second-order valence-corrected chi connectivity index (χ2v) is 8.49. The minimum absolute atomic E-state index is 0.00816. The van der Waals surface area contributed by atoms with Gasteiger partial charge < -0.3 is 14.7 Å². The van der Waals surface area contributed by atoms with Crippen molar-refractivity contribution in [3.05, 3.63) is 53.6 Å². The monoisotopic (exact) mass is 461 g/mol. The van der Waals surface area contributed by atoms with Crippen molar-refractivity contribution < 1.29 is 22.8 Å². The predicted octanol–water partition coefficient (Wildman–Crippen LogP) is 3.00. The third kappa shape index (κ3) is 5.26. The molecule has 0 saturated carbocycles. The summed E-state index contributed by atoms with van der Waals surface area (Å²) in [6.07, 6.45) is 0.0454. The van der Waals surface area contributed by atoms with Crippen LogP contribution in [-0.4, -0.2) is 70.9 Å². The Morgan fingerprint density at radius 2 is 1.76 bits per heavy atom. The van der Waals surface area contributed by atoms with Crippen molar-refractivity contribution in [1.82, 2.24) is 19.8 Å². The van der Waals surface area contributed by atoms with Crippen molar-refractivity contribution in [2.75, 3.05) is 44.2 Å². The van der Waals surface area contributed by atoms with E-state index >= 15 is 0 Å². The van der Waals surface area contributed by atoms with Gasteiger partial charge in [0.05, 0.1) is 23.4 Å². The molecule has 1 aromatic heterocycles. The standard InChI is InChI=1S/C23H26F3N5O2/c1-16-13-28-20(14-27-16)22(33)31-7-3-4-17(15-31)21(32)30-10-8-29(9-11-30)19-6-2-5-18(12-19)23(24,25)26/h2,5-6,12-14,17H,3-4,7-11,15H2,1H3. The number of carbonyl (C=O) groups is 2. The molecule has 176 valence electrons. The highest BCUT2D eigenvalue weighted by Gasteiger charge is 2.34. The second-order valence-electron chi connectivity index (χ2n) is 8.49. The van der Waals surface area contributed by atoms with Gasteiger partial charge in [-0.2, -0.15) is 13.2 Å². The number of piperazine rings is 1. The molecule has 0 N–H and O–H groups in total. The molecule has 0 radical (unpaired) electrons. The van der Waals surface area contributed by atoms with Gasteiger partial charge in [-0.3, -0.25) is 14.6 Å². The summed E-state index contributed by atoms with van der Waals surface area (Å²) in [6.45, 7) is 4.49. The zero-order valence-corrected chi connectivity index (χ0v) is 18.4. The number of carbonyl (C=O) groups excluding carboxylic acids is 2. The van der Waals surface area contributed by atoms with Crippen LogP contribution in [0.25, 0.3) is 0 Å². The number of anilines is 1. The van der Waals surface area contributed by atoms with Crippen molar-refractivity contribution in [1.29, 1.82) is 0 Å². The minimum Gasteiger partial charge on any atom is -0.368 e. The van der Waals surface area contributed by atoms with E-state index < -0.39 is 11.7 Å². The van der Waals surface area contributed by atoms with Crippen LogP contribution in [-0.2, 0) is 11.0 Å². The van der Waals surface area contributed by atoms with Gasteiger partial charge in [-0.1, -0.05) is 6.07 Å². The van der Waals surface area contributed by atoms with Crippen LogP contribution in [0.5, 0.6) is 0 Å². The summed E-state index contributed by atoms with van der Waals surface area (Å²) in [7, 11) is 0. The number of alkyl halides is 3. The molecule has 4 rings (SSSR count). The molecule has 0 bridgehead atoms. The summed E-state index contributed by atoms with van der Waals surface area (Å²) >= 11 is 0. The summed E-state index contributed by atoms with van der Waals surface area (Å²) in [5.74, 6) is -0.526. The van der Waals surface area contributed by atoms with Gasteiger partial charge in [-0.05, 0) is 38.0 Å². The molecule has 2 amide bonds. The minimum atomic E-state index is -4.39. The quantitative estimate of drug-likeness (QED) is 0.703. The van der Waals surface area contributed by atoms with E-state index in [0.29, 0.717) is 51.4 Å². The predicted molar refractivity (Wildman–Crippen MR) is 116 cm³/mol. The summed E-state index contributed by atoms with van der Waals surface area (Å²) in [4.78, 5) is 39.4. The summed E-state index contributed by atoms with van der Waals surface area (Å²) in [5.41, 5.74) is 0.820. The Hall–Kier alpha value is -3.17. The number of benzene rings is 1. The van der Waals surface area contributed by atoms with Crippen molar-refractivity contribution in [3.63, 3.8) is 0 Å². The molecule has 3 heterocycles. The van der Waals surface area contributed by atoms with Gasteiger partial charge in [0.1, 0.15) is 5.69 Å². The fourth-order valence-electron chi connectivity index (χ4n) is 4.35. The fourth-order valence-corrected chi connectivity index (χ4v) is 4.35. The van der Waals surface area contributed by atoms with E-state index in [1.54, 1.807) is 29.0 Å². The van der Waals surface area contributed by atoms with Crippen LogP contribution < -0.4 is 4.90 Å². The molecular formula is C23H26F3N5O2. The van der Waals surface area contributed by atoms with Crippen molar-refractivity contribution in [3.8, 4) is 0 Å². The Balaban J connectivity index is 1.35. The molecule has 2 fully saturated rings. The fraction of sp³-hybridized carbons (Fsp3) is 0.478. The largest absolute Gasteiger partial charge is 0.416 e. The maximum Gasteiger partial charge on any atom is 0.416 e. The molecule has 2 saturated heterocycles. The van der Waals surface area contributed by atoms with Gasteiger partial charge >= 0.3 is 6.18 Å². The second kappa shape index (κ2) is 9.36. The van der Waals surface area contributed by atoms with E-state index in [1.165, 1.54) is 12.3 Å². The summed E-state index contributed by atoms with van der Waals surface area (Å²) in [6, 6.07) is 5.27. The first kappa shape index (κ1) is 23.0. The van der Waals surface area contributed by atoms with Gasteiger partial charge in [0, 0.05) is 51.2 Å². The lowest BCUT2D eigenvalue weighted by Gasteiger charge is -2.39. The van der Waals surface area contributed by atoms with Crippen molar-refractivity contribution in [2.45, 2.75) is 25.9 Å². The molecule has 2 aliphatic rings. The van der Waals surface area contributed by atoms with Gasteiger partial charge in [-0.25, -0.2) is 4.98 Å². The number of amides is 2. The first-order valence-corrected chi connectivity index (χ1v) is 11.0. The Kier molecular flexibility index (Phi) is 6.53. The van der Waals surface area contributed by atoms with Crippen LogP contribution in [0.2, 0.25) is 0 Å². The highest BCUT2D eigenvalue weighted by Crippen LogP contribution is 2.32. The van der Waals surface area contributed by atoms with Crippen LogP contribution in [0.1, 0.15) is 34.6 Å². The number of rotatable bonds is 3. The Morgan fingerprint density at radius 1 is 1.00 bits per heavy atom. The molecule has 0 aliphatic carbocycles. The lowest BCUT2D eigenvalue weighted by Crippen LogP contribution is -2.53. The molecular weight excluding hydrogens is 435 g/mol. The molecule has 1 aromatic carbocycles.